The zero-order valence-electron chi connectivity index (χ0n) is 6.07. The summed E-state index contributed by atoms with van der Waals surface area (Å²) in [7, 11) is 0. The Hall–Kier alpha value is 1.78. The van der Waals surface area contributed by atoms with Crippen LogP contribution in [0.15, 0.2) is 0 Å². The van der Waals surface area contributed by atoms with Crippen LogP contribution in [0.4, 0.5) is 0 Å². The third-order valence-electron chi connectivity index (χ3n) is 0. The molecule has 0 saturated heterocycles. The van der Waals surface area contributed by atoms with Gasteiger partial charge in [-0.2, -0.15) is 0 Å². The van der Waals surface area contributed by atoms with Crippen molar-refractivity contribution in [2.24, 2.45) is 0 Å². The van der Waals surface area contributed by atoms with Gasteiger partial charge in [-0.15, -0.1) is 24.8 Å². The summed E-state index contributed by atoms with van der Waals surface area (Å²) in [6.45, 7) is 4.75. The number of hydrogen-bond acceptors (Lipinski definition) is 1. The minimum absolute atomic E-state index is 0. The number of rotatable bonds is 0. The van der Waals surface area contributed by atoms with Crippen molar-refractivity contribution >= 4 is 24.8 Å². The van der Waals surface area contributed by atoms with Crippen LogP contribution in [0.3, 0.4) is 0 Å². The molecule has 0 atom stereocenters. The summed E-state index contributed by atoms with van der Waals surface area (Å²) in [4.78, 5) is 0. The summed E-state index contributed by atoms with van der Waals surface area (Å²) in [6.07, 6.45) is 0. The summed E-state index contributed by atoms with van der Waals surface area (Å²) in [5.74, 6) is 0. The molecule has 0 heterocycles. The Labute approximate surface area is 93.6 Å². The van der Waals surface area contributed by atoms with Gasteiger partial charge < -0.3 is 14.7 Å². The van der Waals surface area contributed by atoms with Gasteiger partial charge in [0.1, 0.15) is 0 Å². The molecule has 0 aliphatic heterocycles. The first-order valence-corrected chi connectivity index (χ1v) is 0.224. The molecule has 0 bridgehead atoms. The molecule has 0 aliphatic carbocycles. The van der Waals surface area contributed by atoms with Crippen molar-refractivity contribution in [2.45, 2.75) is 0 Å². The Balaban J connectivity index is -0.000000000238. The average molecular weight is 178 g/mol. The Morgan fingerprint density at radius 1 is 1.00 bits per heavy atom. The molecule has 7 heavy (non-hydrogen) atoms. The molecule has 0 fully saturated rings. The van der Waals surface area contributed by atoms with Gasteiger partial charge in [0.15, 0.2) is 0 Å². The Kier molecular flexibility index (Phi) is 1100. The minimum Gasteiger partial charge on any atom is -1.00 e. The minimum atomic E-state index is 0. The standard InChI is InChI=1S/CN.2ClH.Cu.2Li.2H/c1-2;;;;;;;/h;2*1H;;;;;/q-1;;;3*+1;2*-1. The van der Waals surface area contributed by atoms with Crippen molar-refractivity contribution in [1.29, 1.82) is 5.26 Å². The van der Waals surface area contributed by atoms with Crippen molar-refractivity contribution in [1.82, 2.24) is 0 Å². The number of halogens is 2. The van der Waals surface area contributed by atoms with Crippen LogP contribution >= 0.6 is 24.8 Å². The molecule has 0 spiro atoms. The van der Waals surface area contributed by atoms with Gasteiger partial charge in [0, 0.05) is 0 Å². The second-order valence-corrected chi connectivity index (χ2v) is 0. The van der Waals surface area contributed by atoms with Crippen molar-refractivity contribution < 1.29 is 57.6 Å². The SMILES string of the molecule is Cl.Cl.[C-]#N.[Cu+].[H-].[H-].[Li+].[Li+]. The van der Waals surface area contributed by atoms with E-state index in [1.54, 1.807) is 0 Å². The third kappa shape index (κ3) is 81.8. The second-order valence-electron chi connectivity index (χ2n) is 0. The van der Waals surface area contributed by atoms with Crippen LogP contribution in [0.25, 0.3) is 0 Å². The van der Waals surface area contributed by atoms with Gasteiger partial charge in [0.25, 0.3) is 0 Å². The molecule has 40 valence electrons. The summed E-state index contributed by atoms with van der Waals surface area (Å²) >= 11 is 0. The van der Waals surface area contributed by atoms with Crippen LogP contribution in [0.1, 0.15) is 2.85 Å². The largest absolute Gasteiger partial charge is 1.00 e. The molecule has 0 radical (unpaired) electrons. The van der Waals surface area contributed by atoms with E-state index in [1.165, 1.54) is 0 Å². The fourth-order valence-corrected chi connectivity index (χ4v) is 0. The van der Waals surface area contributed by atoms with E-state index in [-0.39, 0.29) is 82.5 Å². The van der Waals surface area contributed by atoms with Crippen molar-refractivity contribution in [3.8, 4) is 0 Å². The fourth-order valence-electron chi connectivity index (χ4n) is 0. The quantitative estimate of drug-likeness (QED) is 0.270. The van der Waals surface area contributed by atoms with Gasteiger partial charge in [-0.05, 0) is 0 Å². The molecule has 1 nitrogen and oxygen atoms in total. The summed E-state index contributed by atoms with van der Waals surface area (Å²) < 4.78 is 0. The first-order chi connectivity index (χ1) is 1.00. The summed E-state index contributed by atoms with van der Waals surface area (Å²) in [6, 6.07) is 0. The van der Waals surface area contributed by atoms with Crippen LogP contribution in [0.5, 0.6) is 0 Å². The molecule has 0 N–H and O–H groups in total. The van der Waals surface area contributed by atoms with E-state index in [1.807, 2.05) is 0 Å². The van der Waals surface area contributed by atoms with Gasteiger partial charge in [0.05, 0.1) is 0 Å². The molecule has 0 aromatic rings. The summed E-state index contributed by atoms with van der Waals surface area (Å²) in [5.41, 5.74) is 0. The Bertz CT molecular complexity index is 27.3. The van der Waals surface area contributed by atoms with Gasteiger partial charge in [-0.25, -0.2) is 0 Å². The molecule has 0 unspecified atom stereocenters. The van der Waals surface area contributed by atoms with E-state index in [2.05, 4.69) is 0 Å². The molecule has 0 aliphatic rings. The Morgan fingerprint density at radius 2 is 1.00 bits per heavy atom. The van der Waals surface area contributed by atoms with Crippen LogP contribution in [0.2, 0.25) is 0 Å². The average Bonchev–Trinajstić information content (AvgIpc) is 1.00. The molecule has 0 saturated carbocycles. The molecule has 0 amide bonds. The van der Waals surface area contributed by atoms with Gasteiger partial charge in [-0.1, -0.05) is 0 Å². The van der Waals surface area contributed by atoms with Gasteiger partial charge in [0.2, 0.25) is 0 Å². The maximum atomic E-state index is 6.25. The van der Waals surface area contributed by atoms with E-state index in [9.17, 15) is 0 Å². The van der Waals surface area contributed by atoms with E-state index < -0.39 is 0 Å². The van der Waals surface area contributed by atoms with Crippen molar-refractivity contribution in [3.63, 3.8) is 0 Å². The Morgan fingerprint density at radius 3 is 1.00 bits per heavy atom. The maximum absolute atomic E-state index is 6.25. The van der Waals surface area contributed by atoms with Crippen molar-refractivity contribution in [2.75, 3.05) is 0 Å². The smallest absolute Gasteiger partial charge is 1.00 e. The molecule has 0 aromatic heterocycles. The monoisotopic (exact) mass is 177 g/mol. The van der Waals surface area contributed by atoms with Gasteiger partial charge >= 0.3 is 54.8 Å². The van der Waals surface area contributed by atoms with Crippen LogP contribution in [0, 0.1) is 11.8 Å². The normalized spacial score (nSPS) is 0.286. The number of hydrogen-bond donors (Lipinski definition) is 0. The third-order valence-corrected chi connectivity index (χ3v) is 0. The van der Waals surface area contributed by atoms with Gasteiger partial charge in [-0.3, -0.25) is 0 Å². The zero-order chi connectivity index (χ0) is 2.00. The maximum Gasteiger partial charge on any atom is 1.00 e. The molecule has 0 aromatic carbocycles. The second kappa shape index (κ2) is 113. The summed E-state index contributed by atoms with van der Waals surface area (Å²) in [5, 5.41) is 6.25. The fraction of sp³-hybridized carbons (Fsp3) is 0. The van der Waals surface area contributed by atoms with Crippen molar-refractivity contribution in [3.05, 3.63) is 6.57 Å². The zero-order valence-corrected chi connectivity index (χ0v) is 6.64. The first kappa shape index (κ1) is 68.7. The van der Waals surface area contributed by atoms with E-state index in [0.29, 0.717) is 0 Å². The first-order valence-electron chi connectivity index (χ1n) is 0.224. The molecule has 6 heteroatoms. The van der Waals surface area contributed by atoms with E-state index in [0.717, 1.165) is 0 Å². The predicted octanol–water partition coefficient (Wildman–Crippen LogP) is -4.83. The van der Waals surface area contributed by atoms with Crippen LogP contribution in [-0.2, 0) is 17.1 Å². The van der Waals surface area contributed by atoms with Crippen LogP contribution in [-0.4, -0.2) is 0 Å². The number of nitrogens with zero attached hydrogens (tertiary/aromatic N) is 1. The van der Waals surface area contributed by atoms with Crippen LogP contribution < -0.4 is 37.7 Å². The topological polar surface area (TPSA) is 23.8 Å². The van der Waals surface area contributed by atoms with E-state index >= 15 is 0 Å². The molecular formula is CH4Cl2CuLi2N. The predicted molar refractivity (Wildman–Crippen MR) is 21.7 cm³/mol. The molecular weight excluding hydrogens is 174 g/mol. The molecule has 0 rings (SSSR count). The van der Waals surface area contributed by atoms with E-state index in [4.69, 9.17) is 11.8 Å².